The maximum Gasteiger partial charge on any atom is 0.224 e. The van der Waals surface area contributed by atoms with E-state index in [4.69, 9.17) is 16.3 Å². The van der Waals surface area contributed by atoms with Crippen LogP contribution in [0.1, 0.15) is 56.8 Å². The van der Waals surface area contributed by atoms with Crippen molar-refractivity contribution in [3.8, 4) is 0 Å². The maximum absolute atomic E-state index is 14.1. The summed E-state index contributed by atoms with van der Waals surface area (Å²) in [4.78, 5) is 12.9. The quantitative estimate of drug-likeness (QED) is 0.624. The zero-order valence-electron chi connectivity index (χ0n) is 17.8. The number of fused-ring (bicyclic) bond motifs is 1. The van der Waals surface area contributed by atoms with Crippen LogP contribution in [0, 0.1) is 23.5 Å². The zero-order valence-corrected chi connectivity index (χ0v) is 18.6. The number of hydrogen-bond acceptors (Lipinski definition) is 2. The van der Waals surface area contributed by atoms with Crippen molar-refractivity contribution < 1.29 is 18.3 Å². The van der Waals surface area contributed by atoms with Gasteiger partial charge in [0.2, 0.25) is 5.91 Å². The monoisotopic (exact) mass is 447 g/mol. The lowest BCUT2D eigenvalue weighted by Crippen LogP contribution is -2.60. The molecule has 2 aromatic rings. The van der Waals surface area contributed by atoms with E-state index in [1.165, 1.54) is 18.2 Å². The van der Waals surface area contributed by atoms with Gasteiger partial charge in [-0.2, -0.15) is 0 Å². The molecule has 1 heterocycles. The molecule has 5 atom stereocenters. The van der Waals surface area contributed by atoms with E-state index in [-0.39, 0.29) is 41.3 Å². The molecule has 3 nitrogen and oxygen atoms in total. The number of amides is 1. The van der Waals surface area contributed by atoms with Gasteiger partial charge in [0.25, 0.3) is 0 Å². The van der Waals surface area contributed by atoms with Gasteiger partial charge in [-0.1, -0.05) is 43.1 Å². The standard InChI is InChI=1S/C25H28ClF2NO2/c1-15-3-9-19-22(11-15)31-23(17-6-10-20(26)21(28)13-17)14-25(19,2)29-24(30)12-16-4-7-18(27)8-5-16/h4-8,10,13,15,19,22-23H,3,9,11-12,14H2,1-2H3,(H,29,30)/t15-,19-,22-,23-,25-/m0/s1. The molecule has 2 aromatic carbocycles. The minimum Gasteiger partial charge on any atom is -0.370 e. The molecule has 1 saturated heterocycles. The highest BCUT2D eigenvalue weighted by molar-refractivity contribution is 6.30. The van der Waals surface area contributed by atoms with Gasteiger partial charge in [0.1, 0.15) is 11.6 Å². The Labute approximate surface area is 187 Å². The maximum atomic E-state index is 14.1. The number of ether oxygens (including phenoxy) is 1. The van der Waals surface area contributed by atoms with E-state index in [1.807, 2.05) is 0 Å². The Morgan fingerprint density at radius 1 is 1.19 bits per heavy atom. The van der Waals surface area contributed by atoms with Crippen LogP contribution in [0.15, 0.2) is 42.5 Å². The van der Waals surface area contributed by atoms with Crippen molar-refractivity contribution in [2.45, 2.75) is 63.7 Å². The summed E-state index contributed by atoms with van der Waals surface area (Å²) in [5.74, 6) is -0.161. The Hall–Kier alpha value is -1.98. The van der Waals surface area contributed by atoms with Crippen LogP contribution in [-0.4, -0.2) is 17.6 Å². The van der Waals surface area contributed by atoms with Crippen LogP contribution in [0.4, 0.5) is 8.78 Å². The number of halogens is 3. The summed E-state index contributed by atoms with van der Waals surface area (Å²) in [6.07, 6.45) is 3.39. The lowest BCUT2D eigenvalue weighted by atomic mass is 9.66. The molecule has 31 heavy (non-hydrogen) atoms. The first kappa shape index (κ1) is 22.2. The van der Waals surface area contributed by atoms with E-state index in [1.54, 1.807) is 24.3 Å². The van der Waals surface area contributed by atoms with Gasteiger partial charge in [0.15, 0.2) is 0 Å². The van der Waals surface area contributed by atoms with Crippen molar-refractivity contribution in [3.63, 3.8) is 0 Å². The van der Waals surface area contributed by atoms with Crippen LogP contribution in [0.25, 0.3) is 0 Å². The van der Waals surface area contributed by atoms with Crippen molar-refractivity contribution in [2.24, 2.45) is 11.8 Å². The minimum absolute atomic E-state index is 0.00244. The fourth-order valence-electron chi connectivity index (χ4n) is 5.21. The van der Waals surface area contributed by atoms with Crippen LogP contribution < -0.4 is 5.32 Å². The van der Waals surface area contributed by atoms with Gasteiger partial charge >= 0.3 is 0 Å². The average molecular weight is 448 g/mol. The number of rotatable bonds is 4. The summed E-state index contributed by atoms with van der Waals surface area (Å²) in [6.45, 7) is 4.29. The van der Waals surface area contributed by atoms with Gasteiger partial charge in [0.05, 0.1) is 23.7 Å². The second-order valence-electron chi connectivity index (χ2n) is 9.33. The molecule has 2 fully saturated rings. The van der Waals surface area contributed by atoms with Crippen LogP contribution in [0.2, 0.25) is 5.02 Å². The fraction of sp³-hybridized carbons (Fsp3) is 0.480. The number of benzene rings is 2. The molecule has 2 aliphatic rings. The fourth-order valence-corrected chi connectivity index (χ4v) is 5.32. The molecule has 0 aromatic heterocycles. The molecule has 1 aliphatic heterocycles. The highest BCUT2D eigenvalue weighted by atomic mass is 35.5. The van der Waals surface area contributed by atoms with Gasteiger partial charge in [0, 0.05) is 17.9 Å². The summed E-state index contributed by atoms with van der Waals surface area (Å²) in [5.41, 5.74) is 1.01. The second kappa shape index (κ2) is 8.87. The Bertz CT molecular complexity index is 951. The van der Waals surface area contributed by atoms with E-state index < -0.39 is 11.4 Å². The van der Waals surface area contributed by atoms with Crippen molar-refractivity contribution in [3.05, 3.63) is 70.2 Å². The van der Waals surface area contributed by atoms with E-state index in [2.05, 4.69) is 19.2 Å². The molecule has 4 rings (SSSR count). The number of carbonyl (C=O) groups excluding carboxylic acids is 1. The third-order valence-electron chi connectivity index (χ3n) is 6.84. The molecule has 1 N–H and O–H groups in total. The van der Waals surface area contributed by atoms with Crippen LogP contribution in [-0.2, 0) is 16.0 Å². The Morgan fingerprint density at radius 3 is 2.65 bits per heavy atom. The molecular formula is C25H28ClF2NO2. The van der Waals surface area contributed by atoms with Crippen molar-refractivity contribution in [2.75, 3.05) is 0 Å². The molecule has 1 aliphatic carbocycles. The summed E-state index contributed by atoms with van der Waals surface area (Å²) in [7, 11) is 0. The van der Waals surface area contributed by atoms with Crippen molar-refractivity contribution in [1.29, 1.82) is 0 Å². The SMILES string of the molecule is C[C@H]1CC[C@H]2[C@H](C1)O[C@H](c1ccc(Cl)c(F)c1)C[C@]2(C)NC(=O)Cc1ccc(F)cc1. The topological polar surface area (TPSA) is 38.3 Å². The van der Waals surface area contributed by atoms with Crippen LogP contribution in [0.5, 0.6) is 0 Å². The van der Waals surface area contributed by atoms with E-state index in [9.17, 15) is 13.6 Å². The predicted octanol–water partition coefficient (Wildman–Crippen LogP) is 6.00. The van der Waals surface area contributed by atoms with Crippen LogP contribution in [0.3, 0.4) is 0 Å². The molecule has 0 bridgehead atoms. The Morgan fingerprint density at radius 2 is 1.94 bits per heavy atom. The molecule has 6 heteroatoms. The first-order chi connectivity index (χ1) is 14.7. The molecular weight excluding hydrogens is 420 g/mol. The minimum atomic E-state index is -0.485. The zero-order chi connectivity index (χ0) is 22.2. The third-order valence-corrected chi connectivity index (χ3v) is 7.15. The second-order valence-corrected chi connectivity index (χ2v) is 9.74. The van der Waals surface area contributed by atoms with E-state index >= 15 is 0 Å². The number of carbonyl (C=O) groups is 1. The van der Waals surface area contributed by atoms with Crippen molar-refractivity contribution in [1.82, 2.24) is 5.32 Å². The van der Waals surface area contributed by atoms with E-state index in [0.717, 1.165) is 30.4 Å². The lowest BCUT2D eigenvalue weighted by Gasteiger charge is -2.52. The van der Waals surface area contributed by atoms with Gasteiger partial charge in [-0.05, 0) is 61.1 Å². The highest BCUT2D eigenvalue weighted by Crippen LogP contribution is 2.48. The lowest BCUT2D eigenvalue weighted by molar-refractivity contribution is -0.153. The predicted molar refractivity (Wildman–Crippen MR) is 117 cm³/mol. The highest BCUT2D eigenvalue weighted by Gasteiger charge is 2.49. The van der Waals surface area contributed by atoms with E-state index in [0.29, 0.717) is 12.3 Å². The molecule has 166 valence electrons. The average Bonchev–Trinajstić information content (AvgIpc) is 2.71. The molecule has 0 spiro atoms. The first-order valence-corrected chi connectivity index (χ1v) is 11.3. The van der Waals surface area contributed by atoms with Gasteiger partial charge < -0.3 is 10.1 Å². The first-order valence-electron chi connectivity index (χ1n) is 10.9. The van der Waals surface area contributed by atoms with Gasteiger partial charge in [-0.15, -0.1) is 0 Å². The number of nitrogens with one attached hydrogen (secondary N) is 1. The summed E-state index contributed by atoms with van der Waals surface area (Å²) in [5, 5.41) is 3.35. The Balaban J connectivity index is 1.56. The normalized spacial score (nSPS) is 30.5. The number of hydrogen-bond donors (Lipinski definition) is 1. The summed E-state index contributed by atoms with van der Waals surface area (Å²) < 4.78 is 33.7. The van der Waals surface area contributed by atoms with Crippen molar-refractivity contribution >= 4 is 17.5 Å². The molecule has 1 saturated carbocycles. The molecule has 0 radical (unpaired) electrons. The van der Waals surface area contributed by atoms with Gasteiger partial charge in [-0.25, -0.2) is 8.78 Å². The summed E-state index contributed by atoms with van der Waals surface area (Å²) >= 11 is 5.86. The largest absolute Gasteiger partial charge is 0.370 e. The van der Waals surface area contributed by atoms with Crippen LogP contribution >= 0.6 is 11.6 Å². The Kier molecular flexibility index (Phi) is 6.36. The summed E-state index contributed by atoms with van der Waals surface area (Å²) in [6, 6.07) is 10.8. The molecule has 0 unspecified atom stereocenters. The smallest absolute Gasteiger partial charge is 0.224 e. The third kappa shape index (κ3) is 4.93. The van der Waals surface area contributed by atoms with Gasteiger partial charge in [-0.3, -0.25) is 4.79 Å². The molecule has 1 amide bonds.